The van der Waals surface area contributed by atoms with Gasteiger partial charge in [0.25, 0.3) is 11.6 Å². The van der Waals surface area contributed by atoms with E-state index in [-0.39, 0.29) is 30.1 Å². The van der Waals surface area contributed by atoms with E-state index >= 15 is 0 Å². The van der Waals surface area contributed by atoms with E-state index in [4.69, 9.17) is 9.84 Å². The lowest BCUT2D eigenvalue weighted by Crippen LogP contribution is -2.22. The number of hydrogen-bond acceptors (Lipinski definition) is 8. The number of amides is 1. The lowest BCUT2D eigenvalue weighted by atomic mass is 10.1. The lowest BCUT2D eigenvalue weighted by Gasteiger charge is -2.12. The largest absolute Gasteiger partial charge is 0.452 e. The van der Waals surface area contributed by atoms with Gasteiger partial charge in [0.1, 0.15) is 0 Å². The van der Waals surface area contributed by atoms with Crippen molar-refractivity contribution >= 4 is 40.7 Å². The molecule has 0 spiro atoms. The first-order chi connectivity index (χ1) is 16.0. The van der Waals surface area contributed by atoms with Crippen LogP contribution in [0.5, 0.6) is 0 Å². The number of carbonyl (C=O) groups is 2. The van der Waals surface area contributed by atoms with E-state index in [9.17, 15) is 19.7 Å². The molecule has 10 heteroatoms. The van der Waals surface area contributed by atoms with Gasteiger partial charge in [-0.25, -0.2) is 4.79 Å². The molecule has 170 valence electrons. The first-order valence-corrected chi connectivity index (χ1v) is 10.7. The Kier molecular flexibility index (Phi) is 8.39. The molecule has 0 bridgehead atoms. The second kappa shape index (κ2) is 11.7. The van der Waals surface area contributed by atoms with Gasteiger partial charge in [0.2, 0.25) is 0 Å². The fourth-order valence-electron chi connectivity index (χ4n) is 2.83. The summed E-state index contributed by atoms with van der Waals surface area (Å²) in [6, 6.07) is 20.5. The summed E-state index contributed by atoms with van der Waals surface area (Å²) in [4.78, 5) is 37.2. The highest BCUT2D eigenvalue weighted by Crippen LogP contribution is 2.33. The maximum absolute atomic E-state index is 12.5. The van der Waals surface area contributed by atoms with Crippen molar-refractivity contribution in [2.75, 3.05) is 30.4 Å². The predicted molar refractivity (Wildman–Crippen MR) is 125 cm³/mol. The van der Waals surface area contributed by atoms with Crippen LogP contribution in [-0.2, 0) is 9.53 Å². The van der Waals surface area contributed by atoms with Crippen LogP contribution in [0.2, 0.25) is 0 Å². The molecule has 33 heavy (non-hydrogen) atoms. The van der Waals surface area contributed by atoms with Gasteiger partial charge in [-0.1, -0.05) is 42.1 Å². The van der Waals surface area contributed by atoms with Crippen LogP contribution < -0.4 is 10.6 Å². The van der Waals surface area contributed by atoms with Crippen molar-refractivity contribution in [1.82, 2.24) is 0 Å². The predicted octanol–water partition coefficient (Wildman–Crippen LogP) is 3.95. The average molecular weight is 468 g/mol. The number of nitro groups is 1. The standard InChI is InChI=1S/C23H21N3O6S/c27-13-12-24-19-11-10-16(26(30)31)14-18(19)23(29)32-15-22(28)25-20-8-4-5-9-21(20)33-17-6-2-1-3-7-17/h1-11,14,24,27H,12-13,15H2,(H,25,28). The molecule has 0 aliphatic carbocycles. The van der Waals surface area contributed by atoms with Gasteiger partial charge in [-0.15, -0.1) is 0 Å². The van der Waals surface area contributed by atoms with Gasteiger partial charge in [0.15, 0.2) is 6.61 Å². The highest BCUT2D eigenvalue weighted by atomic mass is 32.2. The lowest BCUT2D eigenvalue weighted by molar-refractivity contribution is -0.384. The summed E-state index contributed by atoms with van der Waals surface area (Å²) in [5.74, 6) is -1.46. The average Bonchev–Trinajstić information content (AvgIpc) is 2.83. The van der Waals surface area contributed by atoms with Crippen LogP contribution in [0.15, 0.2) is 82.6 Å². The van der Waals surface area contributed by atoms with E-state index in [1.165, 1.54) is 23.9 Å². The summed E-state index contributed by atoms with van der Waals surface area (Å²) < 4.78 is 5.09. The van der Waals surface area contributed by atoms with Gasteiger partial charge in [0, 0.05) is 34.2 Å². The fraction of sp³-hybridized carbons (Fsp3) is 0.130. The molecule has 0 heterocycles. The van der Waals surface area contributed by atoms with Crippen molar-refractivity contribution in [3.8, 4) is 0 Å². The molecular weight excluding hydrogens is 446 g/mol. The molecule has 0 aliphatic heterocycles. The van der Waals surface area contributed by atoms with Crippen molar-refractivity contribution < 1.29 is 24.4 Å². The highest BCUT2D eigenvalue weighted by molar-refractivity contribution is 7.99. The number of para-hydroxylation sites is 1. The third-order valence-electron chi connectivity index (χ3n) is 4.33. The van der Waals surface area contributed by atoms with Crippen LogP contribution >= 0.6 is 11.8 Å². The van der Waals surface area contributed by atoms with Gasteiger partial charge < -0.3 is 20.5 Å². The van der Waals surface area contributed by atoms with Gasteiger partial charge in [-0.3, -0.25) is 14.9 Å². The fourth-order valence-corrected chi connectivity index (χ4v) is 3.75. The first-order valence-electron chi connectivity index (χ1n) is 9.90. The molecule has 3 rings (SSSR count). The Balaban J connectivity index is 1.66. The SMILES string of the molecule is O=C(COC(=O)c1cc([N+](=O)[O-])ccc1NCCO)Nc1ccccc1Sc1ccccc1. The summed E-state index contributed by atoms with van der Waals surface area (Å²) >= 11 is 1.48. The topological polar surface area (TPSA) is 131 Å². The zero-order valence-corrected chi connectivity index (χ0v) is 18.2. The zero-order valence-electron chi connectivity index (χ0n) is 17.4. The van der Waals surface area contributed by atoms with Crippen LogP contribution in [0.1, 0.15) is 10.4 Å². The van der Waals surface area contributed by atoms with Gasteiger partial charge >= 0.3 is 5.97 Å². The van der Waals surface area contributed by atoms with Crippen molar-refractivity contribution in [2.24, 2.45) is 0 Å². The van der Waals surface area contributed by atoms with Crippen molar-refractivity contribution in [2.45, 2.75) is 9.79 Å². The normalized spacial score (nSPS) is 10.3. The number of nitro benzene ring substituents is 1. The third kappa shape index (κ3) is 6.79. The van der Waals surface area contributed by atoms with Crippen molar-refractivity contribution in [3.63, 3.8) is 0 Å². The Hall–Kier alpha value is -3.89. The van der Waals surface area contributed by atoms with E-state index < -0.39 is 23.4 Å². The molecule has 3 N–H and O–H groups in total. The Morgan fingerprint density at radius 2 is 1.73 bits per heavy atom. The smallest absolute Gasteiger partial charge is 0.341 e. The van der Waals surface area contributed by atoms with Crippen LogP contribution in [-0.4, -0.2) is 41.7 Å². The van der Waals surface area contributed by atoms with E-state index in [1.807, 2.05) is 42.5 Å². The number of esters is 1. The Bertz CT molecular complexity index is 1140. The summed E-state index contributed by atoms with van der Waals surface area (Å²) in [6.45, 7) is -0.645. The Morgan fingerprint density at radius 1 is 1.00 bits per heavy atom. The summed E-state index contributed by atoms with van der Waals surface area (Å²) in [6.07, 6.45) is 0. The second-order valence-corrected chi connectivity index (χ2v) is 7.79. The monoisotopic (exact) mass is 467 g/mol. The number of aliphatic hydroxyl groups excluding tert-OH is 1. The van der Waals surface area contributed by atoms with E-state index in [0.717, 1.165) is 15.9 Å². The number of ether oxygens (including phenoxy) is 1. The number of hydrogen-bond donors (Lipinski definition) is 3. The molecule has 9 nitrogen and oxygen atoms in total. The molecule has 3 aromatic carbocycles. The molecule has 0 aliphatic rings. The van der Waals surface area contributed by atoms with Crippen LogP contribution in [0.25, 0.3) is 0 Å². The zero-order chi connectivity index (χ0) is 23.6. The minimum absolute atomic E-state index is 0.106. The van der Waals surface area contributed by atoms with E-state index in [1.54, 1.807) is 12.1 Å². The molecule has 0 radical (unpaired) electrons. The molecule has 0 fully saturated rings. The third-order valence-corrected chi connectivity index (χ3v) is 5.41. The second-order valence-electron chi connectivity index (χ2n) is 6.67. The van der Waals surface area contributed by atoms with Gasteiger partial charge in [-0.2, -0.15) is 0 Å². The number of carbonyl (C=O) groups excluding carboxylic acids is 2. The Morgan fingerprint density at radius 3 is 2.45 bits per heavy atom. The quantitative estimate of drug-likeness (QED) is 0.232. The number of nitrogens with one attached hydrogen (secondary N) is 2. The Labute approximate surface area is 193 Å². The maximum Gasteiger partial charge on any atom is 0.341 e. The number of rotatable bonds is 10. The number of aliphatic hydroxyl groups is 1. The molecule has 0 atom stereocenters. The maximum atomic E-state index is 12.5. The van der Waals surface area contributed by atoms with Crippen LogP contribution in [0, 0.1) is 10.1 Å². The molecule has 3 aromatic rings. The number of benzene rings is 3. The minimum atomic E-state index is -0.902. The van der Waals surface area contributed by atoms with Gasteiger partial charge in [0.05, 0.1) is 22.8 Å². The van der Waals surface area contributed by atoms with Crippen molar-refractivity contribution in [1.29, 1.82) is 0 Å². The van der Waals surface area contributed by atoms with Crippen LogP contribution in [0.4, 0.5) is 17.1 Å². The summed E-state index contributed by atoms with van der Waals surface area (Å²) in [5, 5.41) is 25.6. The minimum Gasteiger partial charge on any atom is -0.452 e. The van der Waals surface area contributed by atoms with Crippen molar-refractivity contribution in [3.05, 3.63) is 88.5 Å². The molecule has 0 saturated heterocycles. The van der Waals surface area contributed by atoms with E-state index in [0.29, 0.717) is 5.69 Å². The van der Waals surface area contributed by atoms with Crippen LogP contribution in [0.3, 0.4) is 0 Å². The number of anilines is 2. The molecular formula is C23H21N3O6S. The molecule has 0 saturated carbocycles. The summed E-state index contributed by atoms with van der Waals surface area (Å²) in [5.41, 5.74) is 0.413. The highest BCUT2D eigenvalue weighted by Gasteiger charge is 2.19. The molecule has 0 aromatic heterocycles. The first kappa shape index (κ1) is 23.8. The van der Waals surface area contributed by atoms with Gasteiger partial charge in [-0.05, 0) is 30.3 Å². The summed E-state index contributed by atoms with van der Waals surface area (Å²) in [7, 11) is 0. The number of non-ortho nitro benzene ring substituents is 1. The molecule has 0 unspecified atom stereocenters. The van der Waals surface area contributed by atoms with E-state index in [2.05, 4.69) is 10.6 Å². The number of nitrogens with zero attached hydrogens (tertiary/aromatic N) is 1. The molecule has 1 amide bonds.